The largest absolute Gasteiger partial charge is 0.486 e. The minimum absolute atomic E-state index is 0.0851. The van der Waals surface area contributed by atoms with Gasteiger partial charge >= 0.3 is 0 Å². The molecule has 0 bridgehead atoms. The number of carbonyl (C=O) groups is 1. The number of aromatic nitrogens is 3. The molecule has 0 aliphatic carbocycles. The quantitative estimate of drug-likeness (QED) is 0.392. The predicted molar refractivity (Wildman–Crippen MR) is 138 cm³/mol. The fourth-order valence-electron chi connectivity index (χ4n) is 3.97. The zero-order valence-corrected chi connectivity index (χ0v) is 20.7. The lowest BCUT2D eigenvalue weighted by Crippen LogP contribution is -2.41. The van der Waals surface area contributed by atoms with Crippen molar-refractivity contribution in [3.05, 3.63) is 101 Å². The summed E-state index contributed by atoms with van der Waals surface area (Å²) in [5.41, 5.74) is 8.68. The van der Waals surface area contributed by atoms with Gasteiger partial charge in [0, 0.05) is 5.69 Å². The number of anilines is 1. The second-order valence-electron chi connectivity index (χ2n) is 8.63. The molecule has 0 saturated carbocycles. The van der Waals surface area contributed by atoms with Gasteiger partial charge in [-0.3, -0.25) is 4.79 Å². The molecule has 0 fully saturated rings. The van der Waals surface area contributed by atoms with Crippen LogP contribution < -0.4 is 15.5 Å². The van der Waals surface area contributed by atoms with E-state index in [0.717, 1.165) is 33.7 Å². The number of benzene rings is 3. The third kappa shape index (κ3) is 4.88. The van der Waals surface area contributed by atoms with Crippen LogP contribution in [0.4, 0.5) is 5.69 Å². The summed E-state index contributed by atoms with van der Waals surface area (Å²) >= 11 is 1.40. The Bertz CT molecular complexity index is 1340. The number of ether oxygens (including phenoxy) is 1. The Balaban J connectivity index is 1.43. The summed E-state index contributed by atoms with van der Waals surface area (Å²) in [6.07, 6.45) is 0. The average molecular weight is 486 g/mol. The van der Waals surface area contributed by atoms with Gasteiger partial charge in [-0.15, -0.1) is 10.2 Å². The van der Waals surface area contributed by atoms with Crippen molar-refractivity contribution in [1.29, 1.82) is 0 Å². The van der Waals surface area contributed by atoms with E-state index in [2.05, 4.69) is 52.1 Å². The Morgan fingerprint density at radius 3 is 2.54 bits per heavy atom. The summed E-state index contributed by atoms with van der Waals surface area (Å²) < 4.78 is 7.73. The van der Waals surface area contributed by atoms with Crippen molar-refractivity contribution in [2.24, 2.45) is 0 Å². The molecule has 35 heavy (non-hydrogen) atoms. The first-order chi connectivity index (χ1) is 17.0. The molecule has 3 aromatic carbocycles. The van der Waals surface area contributed by atoms with E-state index in [9.17, 15) is 4.79 Å². The molecule has 2 N–H and O–H groups in total. The van der Waals surface area contributed by atoms with Crippen LogP contribution in [0.25, 0.3) is 0 Å². The Hall–Kier alpha value is -3.78. The monoisotopic (exact) mass is 485 g/mol. The van der Waals surface area contributed by atoms with Crippen LogP contribution in [-0.4, -0.2) is 26.0 Å². The summed E-state index contributed by atoms with van der Waals surface area (Å²) in [7, 11) is 0. The molecule has 178 valence electrons. The summed E-state index contributed by atoms with van der Waals surface area (Å²) in [4.78, 5) is 13.6. The molecule has 4 aromatic rings. The zero-order valence-electron chi connectivity index (χ0n) is 19.9. The van der Waals surface area contributed by atoms with Gasteiger partial charge in [-0.25, -0.2) is 4.68 Å². The first-order valence-electron chi connectivity index (χ1n) is 11.5. The number of hydrogen-bond acceptors (Lipinski definition) is 6. The van der Waals surface area contributed by atoms with Gasteiger partial charge in [0.2, 0.25) is 11.1 Å². The van der Waals surface area contributed by atoms with Crippen molar-refractivity contribution in [2.75, 3.05) is 10.7 Å². The molecule has 1 aromatic heterocycles. The molecule has 2 atom stereocenters. The van der Waals surface area contributed by atoms with E-state index >= 15 is 0 Å². The van der Waals surface area contributed by atoms with Gasteiger partial charge in [0.25, 0.3) is 0 Å². The molecule has 7 nitrogen and oxygen atoms in total. The van der Waals surface area contributed by atoms with Crippen LogP contribution in [-0.2, 0) is 11.4 Å². The van der Waals surface area contributed by atoms with Crippen LogP contribution in [0, 0.1) is 20.8 Å². The van der Waals surface area contributed by atoms with Crippen molar-refractivity contribution in [3.8, 4) is 5.75 Å². The van der Waals surface area contributed by atoms with Gasteiger partial charge in [-0.2, -0.15) is 0 Å². The molecule has 2 unspecified atom stereocenters. The van der Waals surface area contributed by atoms with Crippen LogP contribution in [0.1, 0.15) is 34.1 Å². The predicted octanol–water partition coefficient (Wildman–Crippen LogP) is 5.18. The molecule has 0 radical (unpaired) electrons. The molecule has 1 aliphatic rings. The van der Waals surface area contributed by atoms with Gasteiger partial charge in [0.1, 0.15) is 17.6 Å². The van der Waals surface area contributed by atoms with Crippen molar-refractivity contribution in [2.45, 2.75) is 43.8 Å². The standard InChI is InChI=1S/C27H27N5O2S/c1-17-12-14-20(15-13-17)24-25(26(33)28-22-11-7-8-18(2)19(22)3)35-27-30-29-23(32(27)31-24)16-34-21-9-5-4-6-10-21/h4-15,24-25,31H,16H2,1-3H3,(H,28,33). The second-order valence-corrected chi connectivity index (χ2v) is 9.74. The fourth-order valence-corrected chi connectivity index (χ4v) is 5.07. The molecule has 8 heteroatoms. The maximum Gasteiger partial charge on any atom is 0.240 e. The molecule has 0 saturated heterocycles. The number of fused-ring (bicyclic) bond motifs is 1. The second kappa shape index (κ2) is 9.84. The van der Waals surface area contributed by atoms with Gasteiger partial charge in [0.15, 0.2) is 5.82 Å². The topological polar surface area (TPSA) is 81.1 Å². The van der Waals surface area contributed by atoms with E-state index in [4.69, 9.17) is 4.74 Å². The highest BCUT2D eigenvalue weighted by Gasteiger charge is 2.38. The zero-order chi connectivity index (χ0) is 24.4. The normalized spacial score (nSPS) is 16.8. The van der Waals surface area contributed by atoms with Crippen LogP contribution in [0.2, 0.25) is 0 Å². The van der Waals surface area contributed by atoms with E-state index < -0.39 is 5.25 Å². The number of para-hydroxylation sites is 1. The van der Waals surface area contributed by atoms with Gasteiger partial charge < -0.3 is 15.5 Å². The van der Waals surface area contributed by atoms with Crippen molar-refractivity contribution in [1.82, 2.24) is 14.9 Å². The molecule has 2 heterocycles. The number of nitrogens with zero attached hydrogens (tertiary/aromatic N) is 3. The highest BCUT2D eigenvalue weighted by Crippen LogP contribution is 2.38. The smallest absolute Gasteiger partial charge is 0.240 e. The van der Waals surface area contributed by atoms with E-state index in [0.29, 0.717) is 11.0 Å². The third-order valence-corrected chi connectivity index (χ3v) is 7.39. The lowest BCUT2D eigenvalue weighted by molar-refractivity contribution is -0.116. The van der Waals surface area contributed by atoms with Gasteiger partial charge in [0.05, 0.1) is 6.04 Å². The minimum Gasteiger partial charge on any atom is -0.486 e. The molecular weight excluding hydrogens is 458 g/mol. The summed E-state index contributed by atoms with van der Waals surface area (Å²) in [6.45, 7) is 6.36. The highest BCUT2D eigenvalue weighted by atomic mass is 32.2. The fraction of sp³-hybridized carbons (Fsp3) is 0.222. The van der Waals surface area contributed by atoms with Crippen LogP contribution in [0.15, 0.2) is 78.0 Å². The summed E-state index contributed by atoms with van der Waals surface area (Å²) in [5.74, 6) is 1.31. The van der Waals surface area contributed by atoms with E-state index in [-0.39, 0.29) is 18.6 Å². The van der Waals surface area contributed by atoms with E-state index in [1.807, 2.05) is 67.1 Å². The Morgan fingerprint density at radius 2 is 1.77 bits per heavy atom. The number of thioether (sulfide) groups is 1. The number of amides is 1. The number of hydrogen-bond donors (Lipinski definition) is 2. The lowest BCUT2D eigenvalue weighted by Gasteiger charge is -2.33. The van der Waals surface area contributed by atoms with Crippen LogP contribution in [0.3, 0.4) is 0 Å². The van der Waals surface area contributed by atoms with E-state index in [1.54, 1.807) is 0 Å². The third-order valence-electron chi connectivity index (χ3n) is 6.17. The molecule has 0 spiro atoms. The maximum absolute atomic E-state index is 13.6. The van der Waals surface area contributed by atoms with Crippen LogP contribution >= 0.6 is 11.8 Å². The number of rotatable bonds is 6. The summed E-state index contributed by atoms with van der Waals surface area (Å²) in [5, 5.41) is 12.0. The maximum atomic E-state index is 13.6. The van der Waals surface area contributed by atoms with Crippen molar-refractivity contribution in [3.63, 3.8) is 0 Å². The Morgan fingerprint density at radius 1 is 1.00 bits per heavy atom. The SMILES string of the molecule is Cc1ccc(C2Nn3c(COc4ccccc4)nnc3SC2C(=O)Nc2cccc(C)c2C)cc1. The first-order valence-corrected chi connectivity index (χ1v) is 12.4. The molecular formula is C27H27N5O2S. The number of carbonyl (C=O) groups excluding carboxylic acids is 1. The minimum atomic E-state index is -0.447. The van der Waals surface area contributed by atoms with Crippen LogP contribution in [0.5, 0.6) is 5.75 Å². The lowest BCUT2D eigenvalue weighted by atomic mass is 10.0. The van der Waals surface area contributed by atoms with Gasteiger partial charge in [-0.1, -0.05) is 71.9 Å². The van der Waals surface area contributed by atoms with Gasteiger partial charge in [-0.05, 0) is 55.7 Å². The Kier molecular flexibility index (Phi) is 6.46. The van der Waals surface area contributed by atoms with E-state index in [1.165, 1.54) is 11.8 Å². The number of nitrogens with one attached hydrogen (secondary N) is 2. The average Bonchev–Trinajstić information content (AvgIpc) is 3.28. The molecule has 5 rings (SSSR count). The molecule has 1 aliphatic heterocycles. The Labute approximate surface area is 208 Å². The first kappa shape index (κ1) is 23.0. The molecule has 1 amide bonds. The highest BCUT2D eigenvalue weighted by molar-refractivity contribution is 8.00. The van der Waals surface area contributed by atoms with Crippen molar-refractivity contribution < 1.29 is 9.53 Å². The number of aryl methyl sites for hydroxylation is 2. The van der Waals surface area contributed by atoms with Crippen molar-refractivity contribution >= 4 is 23.4 Å². The summed E-state index contributed by atoms with van der Waals surface area (Å²) in [6, 6.07) is 23.5.